The Hall–Kier alpha value is -1.96. The topological polar surface area (TPSA) is 21.3 Å². The Bertz CT molecular complexity index is 646. The minimum absolute atomic E-state index is 0.260. The van der Waals surface area contributed by atoms with Gasteiger partial charge >= 0.3 is 0 Å². The summed E-state index contributed by atoms with van der Waals surface area (Å²) in [5.41, 5.74) is 7.41. The average Bonchev–Trinajstić information content (AvgIpc) is 2.45. The molecular weight excluding hydrogens is 258 g/mol. The van der Waals surface area contributed by atoms with Gasteiger partial charge in [0.1, 0.15) is 5.75 Å². The number of benzene rings is 2. The Morgan fingerprint density at radius 2 is 1.62 bits per heavy atom. The van der Waals surface area contributed by atoms with Gasteiger partial charge in [0.2, 0.25) is 0 Å². The van der Waals surface area contributed by atoms with E-state index in [-0.39, 0.29) is 6.04 Å². The second-order valence-electron chi connectivity index (χ2n) is 5.81. The number of anilines is 1. The van der Waals surface area contributed by atoms with Gasteiger partial charge < -0.3 is 10.1 Å². The molecule has 2 heteroatoms. The van der Waals surface area contributed by atoms with Crippen LogP contribution >= 0.6 is 0 Å². The van der Waals surface area contributed by atoms with E-state index in [1.54, 1.807) is 7.11 Å². The first kappa shape index (κ1) is 15.4. The molecule has 0 aliphatic carbocycles. The zero-order valence-electron chi connectivity index (χ0n) is 13.9. The van der Waals surface area contributed by atoms with Crippen molar-refractivity contribution in [1.82, 2.24) is 0 Å². The lowest BCUT2D eigenvalue weighted by atomic mass is 9.99. The summed E-state index contributed by atoms with van der Waals surface area (Å²) in [7, 11) is 1.73. The standard InChI is InChI=1S/C19H25NO/c1-12-7-8-13(2)17(11-12)16(5)20-18-10-9-14(3)19(21-6)15(18)4/h7-11,16,20H,1-6H3. The lowest BCUT2D eigenvalue weighted by Crippen LogP contribution is -2.10. The quantitative estimate of drug-likeness (QED) is 0.842. The molecule has 0 fully saturated rings. The Morgan fingerprint density at radius 3 is 2.29 bits per heavy atom. The van der Waals surface area contributed by atoms with Gasteiger partial charge in [0.25, 0.3) is 0 Å². The van der Waals surface area contributed by atoms with E-state index in [1.165, 1.54) is 22.3 Å². The fourth-order valence-corrected chi connectivity index (χ4v) is 2.83. The van der Waals surface area contributed by atoms with Crippen molar-refractivity contribution >= 4 is 5.69 Å². The molecule has 2 rings (SSSR count). The Balaban J connectivity index is 2.32. The van der Waals surface area contributed by atoms with Gasteiger partial charge in [-0.05, 0) is 57.4 Å². The van der Waals surface area contributed by atoms with E-state index >= 15 is 0 Å². The van der Waals surface area contributed by atoms with Crippen molar-refractivity contribution in [3.8, 4) is 5.75 Å². The molecule has 2 aromatic carbocycles. The monoisotopic (exact) mass is 283 g/mol. The lowest BCUT2D eigenvalue weighted by Gasteiger charge is -2.21. The maximum absolute atomic E-state index is 5.51. The molecule has 1 atom stereocenters. The van der Waals surface area contributed by atoms with Crippen LogP contribution in [0.3, 0.4) is 0 Å². The van der Waals surface area contributed by atoms with Crippen LogP contribution in [0.15, 0.2) is 30.3 Å². The van der Waals surface area contributed by atoms with Gasteiger partial charge in [-0.15, -0.1) is 0 Å². The average molecular weight is 283 g/mol. The predicted octanol–water partition coefficient (Wildman–Crippen LogP) is 5.10. The first-order chi connectivity index (χ1) is 9.93. The second-order valence-corrected chi connectivity index (χ2v) is 5.81. The van der Waals surface area contributed by atoms with E-state index in [9.17, 15) is 0 Å². The molecule has 1 N–H and O–H groups in total. The Labute approximate surface area is 128 Å². The minimum atomic E-state index is 0.260. The van der Waals surface area contributed by atoms with Crippen LogP contribution in [0.4, 0.5) is 5.69 Å². The molecule has 0 radical (unpaired) electrons. The van der Waals surface area contributed by atoms with Crippen LogP contribution in [0.1, 0.15) is 40.8 Å². The summed E-state index contributed by atoms with van der Waals surface area (Å²) in [6, 6.07) is 11.1. The van der Waals surface area contributed by atoms with Crippen molar-refractivity contribution in [3.05, 3.63) is 58.1 Å². The summed E-state index contributed by atoms with van der Waals surface area (Å²) < 4.78 is 5.51. The highest BCUT2D eigenvalue weighted by molar-refractivity contribution is 5.60. The molecule has 0 bridgehead atoms. The van der Waals surface area contributed by atoms with E-state index in [4.69, 9.17) is 4.74 Å². The number of rotatable bonds is 4. The number of nitrogens with one attached hydrogen (secondary N) is 1. The summed E-state index contributed by atoms with van der Waals surface area (Å²) in [4.78, 5) is 0. The van der Waals surface area contributed by atoms with E-state index in [0.29, 0.717) is 0 Å². The van der Waals surface area contributed by atoms with Crippen molar-refractivity contribution in [2.45, 2.75) is 40.7 Å². The third-order valence-corrected chi connectivity index (χ3v) is 4.08. The van der Waals surface area contributed by atoms with Crippen molar-refractivity contribution < 1.29 is 4.74 Å². The summed E-state index contributed by atoms with van der Waals surface area (Å²) in [6.45, 7) is 10.7. The van der Waals surface area contributed by atoms with E-state index < -0.39 is 0 Å². The molecular formula is C19H25NO. The zero-order valence-corrected chi connectivity index (χ0v) is 13.9. The van der Waals surface area contributed by atoms with Gasteiger partial charge in [0.05, 0.1) is 7.11 Å². The number of methoxy groups -OCH3 is 1. The normalized spacial score (nSPS) is 12.1. The number of hydrogen-bond acceptors (Lipinski definition) is 2. The molecule has 21 heavy (non-hydrogen) atoms. The van der Waals surface area contributed by atoms with Crippen LogP contribution in [0, 0.1) is 27.7 Å². The van der Waals surface area contributed by atoms with Crippen LogP contribution in [0.25, 0.3) is 0 Å². The van der Waals surface area contributed by atoms with Crippen LogP contribution in [0.2, 0.25) is 0 Å². The lowest BCUT2D eigenvalue weighted by molar-refractivity contribution is 0.409. The molecule has 0 spiro atoms. The molecule has 0 aromatic heterocycles. The predicted molar refractivity (Wildman–Crippen MR) is 90.4 cm³/mol. The fourth-order valence-electron chi connectivity index (χ4n) is 2.83. The first-order valence-corrected chi connectivity index (χ1v) is 7.42. The molecule has 0 saturated heterocycles. The van der Waals surface area contributed by atoms with Crippen molar-refractivity contribution in [2.24, 2.45) is 0 Å². The molecule has 0 amide bonds. The molecule has 0 aliphatic heterocycles. The second kappa shape index (κ2) is 6.21. The van der Waals surface area contributed by atoms with Crippen LogP contribution in [0.5, 0.6) is 5.75 Å². The first-order valence-electron chi connectivity index (χ1n) is 7.42. The Morgan fingerprint density at radius 1 is 0.952 bits per heavy atom. The molecule has 0 aliphatic rings. The third-order valence-electron chi connectivity index (χ3n) is 4.08. The number of hydrogen-bond donors (Lipinski definition) is 1. The van der Waals surface area contributed by atoms with Crippen LogP contribution < -0.4 is 10.1 Å². The van der Waals surface area contributed by atoms with Gasteiger partial charge in [-0.1, -0.05) is 29.8 Å². The Kier molecular flexibility index (Phi) is 4.56. The van der Waals surface area contributed by atoms with Gasteiger partial charge in [-0.25, -0.2) is 0 Å². The van der Waals surface area contributed by atoms with Gasteiger partial charge in [-0.3, -0.25) is 0 Å². The highest BCUT2D eigenvalue weighted by atomic mass is 16.5. The zero-order chi connectivity index (χ0) is 15.6. The SMILES string of the molecule is COc1c(C)ccc(NC(C)c2cc(C)ccc2C)c1C. The highest BCUT2D eigenvalue weighted by Crippen LogP contribution is 2.32. The molecule has 112 valence electrons. The van der Waals surface area contributed by atoms with Gasteiger partial charge in [0.15, 0.2) is 0 Å². The summed E-state index contributed by atoms with van der Waals surface area (Å²) in [6.07, 6.45) is 0. The minimum Gasteiger partial charge on any atom is -0.496 e. The van der Waals surface area contributed by atoms with E-state index in [1.807, 2.05) is 0 Å². The molecule has 2 nitrogen and oxygen atoms in total. The summed E-state index contributed by atoms with van der Waals surface area (Å²) in [5, 5.41) is 3.62. The number of ether oxygens (including phenoxy) is 1. The summed E-state index contributed by atoms with van der Waals surface area (Å²) in [5.74, 6) is 0.966. The number of aryl methyl sites for hydroxylation is 3. The van der Waals surface area contributed by atoms with Crippen molar-refractivity contribution in [1.29, 1.82) is 0 Å². The van der Waals surface area contributed by atoms with Crippen molar-refractivity contribution in [2.75, 3.05) is 12.4 Å². The summed E-state index contributed by atoms with van der Waals surface area (Å²) >= 11 is 0. The molecule has 2 aromatic rings. The van der Waals surface area contributed by atoms with Crippen LogP contribution in [-0.2, 0) is 0 Å². The maximum Gasteiger partial charge on any atom is 0.126 e. The maximum atomic E-state index is 5.51. The smallest absolute Gasteiger partial charge is 0.126 e. The highest BCUT2D eigenvalue weighted by Gasteiger charge is 2.12. The van der Waals surface area contributed by atoms with Crippen molar-refractivity contribution in [3.63, 3.8) is 0 Å². The third kappa shape index (κ3) is 3.21. The largest absolute Gasteiger partial charge is 0.496 e. The fraction of sp³-hybridized carbons (Fsp3) is 0.368. The molecule has 0 heterocycles. The molecule has 0 saturated carbocycles. The van der Waals surface area contributed by atoms with Gasteiger partial charge in [0, 0.05) is 17.3 Å². The van der Waals surface area contributed by atoms with Crippen LogP contribution in [-0.4, -0.2) is 7.11 Å². The van der Waals surface area contributed by atoms with E-state index in [2.05, 4.69) is 70.3 Å². The van der Waals surface area contributed by atoms with E-state index in [0.717, 1.165) is 17.0 Å². The van der Waals surface area contributed by atoms with Gasteiger partial charge in [-0.2, -0.15) is 0 Å². The molecule has 1 unspecified atom stereocenters.